The first-order valence-corrected chi connectivity index (χ1v) is 14.2. The van der Waals surface area contributed by atoms with E-state index in [0.29, 0.717) is 30.4 Å². The summed E-state index contributed by atoms with van der Waals surface area (Å²) < 4.78 is 1.70. The Balaban J connectivity index is 1.31. The summed E-state index contributed by atoms with van der Waals surface area (Å²) in [6.07, 6.45) is 10.8. The van der Waals surface area contributed by atoms with Crippen LogP contribution in [-0.4, -0.2) is 59.3 Å². The number of Topliss-reactive ketones (excluding diaryl/α,β-unsaturated/α-hetero) is 1. The van der Waals surface area contributed by atoms with Gasteiger partial charge in [0.2, 0.25) is 0 Å². The fraction of sp³-hybridized carbons (Fsp3) is 0.667. The number of aromatic nitrogens is 4. The van der Waals surface area contributed by atoms with Gasteiger partial charge in [-0.2, -0.15) is 0 Å². The van der Waals surface area contributed by atoms with E-state index in [0.717, 1.165) is 30.7 Å². The van der Waals surface area contributed by atoms with E-state index < -0.39 is 17.1 Å². The van der Waals surface area contributed by atoms with E-state index in [1.807, 2.05) is 19.3 Å². The van der Waals surface area contributed by atoms with Crippen LogP contribution in [0.1, 0.15) is 58.8 Å². The number of aliphatic hydroxyl groups excluding tert-OH is 1. The standard InChI is InChI=1S/C27H34N4O4S/c1-25-8-6-16(32)10-15(25)4-5-17-18-7-9-27(35,26(18,2)11-19(33)21(17)25)20(34)12-31-14-30-22-23(31)28-13-29-24(22)36-3/h10,13-14,17-19,21,33,35H,4-9,11-12H2,1-3H3/t17-,18-,19-,21+,25-,26-,27+/m0/s1. The monoisotopic (exact) mass is 510 g/mol. The summed E-state index contributed by atoms with van der Waals surface area (Å²) in [5.74, 6) is 0.384. The Bertz CT molecular complexity index is 1290. The van der Waals surface area contributed by atoms with Gasteiger partial charge < -0.3 is 14.8 Å². The number of thioether (sulfide) groups is 1. The van der Waals surface area contributed by atoms with Gasteiger partial charge in [-0.1, -0.05) is 19.4 Å². The zero-order chi connectivity index (χ0) is 25.5. The first kappa shape index (κ1) is 24.2. The van der Waals surface area contributed by atoms with Crippen LogP contribution in [0.5, 0.6) is 0 Å². The van der Waals surface area contributed by atoms with Gasteiger partial charge in [0.1, 0.15) is 22.5 Å². The van der Waals surface area contributed by atoms with E-state index in [1.54, 1.807) is 10.9 Å². The molecular weight excluding hydrogens is 476 g/mol. The van der Waals surface area contributed by atoms with Crippen LogP contribution in [-0.2, 0) is 16.1 Å². The lowest BCUT2D eigenvalue weighted by atomic mass is 9.45. The molecule has 6 rings (SSSR count). The summed E-state index contributed by atoms with van der Waals surface area (Å²) in [4.78, 5) is 38.9. The third kappa shape index (κ3) is 3.18. The number of ketones is 2. The number of aliphatic hydroxyl groups is 2. The van der Waals surface area contributed by atoms with Gasteiger partial charge in [-0.3, -0.25) is 9.59 Å². The summed E-state index contributed by atoms with van der Waals surface area (Å²) >= 11 is 1.48. The largest absolute Gasteiger partial charge is 0.393 e. The molecule has 0 radical (unpaired) electrons. The second kappa shape index (κ2) is 8.20. The average molecular weight is 511 g/mol. The van der Waals surface area contributed by atoms with Crippen molar-refractivity contribution in [1.82, 2.24) is 19.5 Å². The first-order chi connectivity index (χ1) is 17.1. The van der Waals surface area contributed by atoms with Crippen LogP contribution in [0.3, 0.4) is 0 Å². The molecule has 0 amide bonds. The van der Waals surface area contributed by atoms with E-state index in [9.17, 15) is 19.8 Å². The van der Waals surface area contributed by atoms with Crippen molar-refractivity contribution >= 4 is 34.5 Å². The van der Waals surface area contributed by atoms with Gasteiger partial charge in [0, 0.05) is 11.8 Å². The van der Waals surface area contributed by atoms with Crippen molar-refractivity contribution in [2.45, 2.75) is 82.1 Å². The number of imidazole rings is 1. The highest BCUT2D eigenvalue weighted by Gasteiger charge is 2.68. The van der Waals surface area contributed by atoms with E-state index in [-0.39, 0.29) is 41.3 Å². The lowest BCUT2D eigenvalue weighted by molar-refractivity contribution is -0.181. The lowest BCUT2D eigenvalue weighted by Gasteiger charge is -2.60. The Morgan fingerprint density at radius 3 is 2.78 bits per heavy atom. The van der Waals surface area contributed by atoms with Crippen molar-refractivity contribution in [3.8, 4) is 0 Å². The van der Waals surface area contributed by atoms with Crippen molar-refractivity contribution in [3.63, 3.8) is 0 Å². The molecule has 0 aromatic carbocycles. The topological polar surface area (TPSA) is 118 Å². The molecule has 0 spiro atoms. The normalized spacial score (nSPS) is 39.9. The van der Waals surface area contributed by atoms with Crippen molar-refractivity contribution in [3.05, 3.63) is 24.3 Å². The predicted octanol–water partition coefficient (Wildman–Crippen LogP) is 3.35. The molecule has 0 saturated heterocycles. The third-order valence-electron chi connectivity index (χ3n) is 10.4. The quantitative estimate of drug-likeness (QED) is 0.475. The van der Waals surface area contributed by atoms with Crippen molar-refractivity contribution in [2.24, 2.45) is 28.6 Å². The summed E-state index contributed by atoms with van der Waals surface area (Å²) in [7, 11) is 0. The smallest absolute Gasteiger partial charge is 0.184 e. The number of nitrogens with zero attached hydrogens (tertiary/aromatic N) is 4. The maximum absolute atomic E-state index is 13.8. The van der Waals surface area contributed by atoms with Gasteiger partial charge in [0.05, 0.1) is 19.0 Å². The van der Waals surface area contributed by atoms with Gasteiger partial charge in [-0.05, 0) is 74.0 Å². The molecule has 0 bridgehead atoms. The molecule has 9 heteroatoms. The van der Waals surface area contributed by atoms with Crippen LogP contribution in [0.2, 0.25) is 0 Å². The molecule has 7 atom stereocenters. The van der Waals surface area contributed by atoms with E-state index in [2.05, 4.69) is 21.9 Å². The van der Waals surface area contributed by atoms with E-state index >= 15 is 0 Å². The second-order valence-electron chi connectivity index (χ2n) is 11.8. The SMILES string of the molecule is CSc1ncnc2c1ncn2CC(=O)[C@]1(O)CC[C@H]2[C@@H]3CCC4=CC(=O)CC[C@]4(C)[C@H]3[C@@H](O)C[C@@]21C. The molecule has 2 heterocycles. The van der Waals surface area contributed by atoms with Gasteiger partial charge in [0.25, 0.3) is 0 Å². The number of allylic oxidation sites excluding steroid dienone is 1. The molecule has 2 aromatic rings. The first-order valence-electron chi connectivity index (χ1n) is 13.0. The molecule has 36 heavy (non-hydrogen) atoms. The molecule has 3 fully saturated rings. The van der Waals surface area contributed by atoms with Crippen molar-refractivity contribution < 1.29 is 19.8 Å². The minimum atomic E-state index is -1.52. The molecular formula is C27H34N4O4S. The minimum Gasteiger partial charge on any atom is -0.393 e. The Morgan fingerprint density at radius 1 is 1.19 bits per heavy atom. The van der Waals surface area contributed by atoms with Crippen molar-refractivity contribution in [1.29, 1.82) is 0 Å². The molecule has 192 valence electrons. The maximum atomic E-state index is 13.8. The molecule has 0 aliphatic heterocycles. The summed E-state index contributed by atoms with van der Waals surface area (Å²) in [5.41, 5.74) is 0.0119. The Hall–Kier alpha value is -2.10. The molecule has 8 nitrogen and oxygen atoms in total. The van der Waals surface area contributed by atoms with Crippen LogP contribution in [0.25, 0.3) is 11.2 Å². The molecule has 3 saturated carbocycles. The Labute approximate surface area is 215 Å². The van der Waals surface area contributed by atoms with Crippen LogP contribution >= 0.6 is 11.8 Å². The van der Waals surface area contributed by atoms with Gasteiger partial charge in [0.15, 0.2) is 17.2 Å². The average Bonchev–Trinajstić information content (AvgIpc) is 3.38. The van der Waals surface area contributed by atoms with Gasteiger partial charge in [-0.25, -0.2) is 15.0 Å². The van der Waals surface area contributed by atoms with Gasteiger partial charge >= 0.3 is 0 Å². The molecule has 4 aliphatic rings. The Kier molecular flexibility index (Phi) is 5.52. The van der Waals surface area contributed by atoms with Crippen LogP contribution < -0.4 is 0 Å². The van der Waals surface area contributed by atoms with E-state index in [4.69, 9.17) is 0 Å². The third-order valence-corrected chi connectivity index (χ3v) is 11.1. The lowest BCUT2D eigenvalue weighted by Crippen LogP contribution is -2.62. The fourth-order valence-corrected chi connectivity index (χ4v) is 9.05. The van der Waals surface area contributed by atoms with Crippen molar-refractivity contribution in [2.75, 3.05) is 6.26 Å². The fourth-order valence-electron chi connectivity index (χ4n) is 8.56. The minimum absolute atomic E-state index is 0.0168. The highest BCUT2D eigenvalue weighted by atomic mass is 32.2. The highest BCUT2D eigenvalue weighted by molar-refractivity contribution is 7.98. The Morgan fingerprint density at radius 2 is 2.00 bits per heavy atom. The van der Waals surface area contributed by atoms with Crippen LogP contribution in [0.15, 0.2) is 29.3 Å². The number of carbonyl (C=O) groups excluding carboxylic acids is 2. The number of hydrogen-bond acceptors (Lipinski definition) is 8. The van der Waals surface area contributed by atoms with Crippen LogP contribution in [0.4, 0.5) is 0 Å². The summed E-state index contributed by atoms with van der Waals surface area (Å²) in [6.45, 7) is 4.21. The number of hydrogen-bond donors (Lipinski definition) is 2. The molecule has 2 N–H and O–H groups in total. The molecule has 4 aliphatic carbocycles. The molecule has 0 unspecified atom stereocenters. The number of fused-ring (bicyclic) bond motifs is 6. The van der Waals surface area contributed by atoms with Crippen LogP contribution in [0, 0.1) is 28.6 Å². The highest BCUT2D eigenvalue weighted by Crippen LogP contribution is 2.67. The van der Waals surface area contributed by atoms with E-state index in [1.165, 1.54) is 23.7 Å². The zero-order valence-corrected chi connectivity index (χ0v) is 21.9. The summed E-state index contributed by atoms with van der Waals surface area (Å²) in [5, 5.41) is 24.4. The maximum Gasteiger partial charge on any atom is 0.184 e. The predicted molar refractivity (Wildman–Crippen MR) is 135 cm³/mol. The summed E-state index contributed by atoms with van der Waals surface area (Å²) in [6, 6.07) is 0. The number of carbonyl (C=O) groups is 2. The van der Waals surface area contributed by atoms with Gasteiger partial charge in [-0.15, -0.1) is 11.8 Å². The molecule has 2 aromatic heterocycles. The second-order valence-corrected chi connectivity index (χ2v) is 12.6. The zero-order valence-electron chi connectivity index (χ0n) is 21.1. The number of rotatable bonds is 4.